The first-order valence-corrected chi connectivity index (χ1v) is 13.6. The Kier molecular flexibility index (Phi) is 7.23. The number of anilines is 2. The lowest BCUT2D eigenvalue weighted by Gasteiger charge is -2.39. The Morgan fingerprint density at radius 2 is 1.97 bits per heavy atom. The van der Waals surface area contributed by atoms with Crippen molar-refractivity contribution < 1.29 is 14.6 Å². The van der Waals surface area contributed by atoms with Crippen LogP contribution < -0.4 is 15.1 Å². The number of hydrogen-bond donors (Lipinski definition) is 2. The highest BCUT2D eigenvalue weighted by atomic mass is 16.5. The Morgan fingerprint density at radius 1 is 1.08 bits per heavy atom. The molecule has 0 bridgehead atoms. The molecular weight excluding hydrogens is 456 g/mol. The summed E-state index contributed by atoms with van der Waals surface area (Å²) >= 11 is 0. The topological polar surface area (TPSA) is 86.2 Å². The maximum absolute atomic E-state index is 10.3. The third kappa shape index (κ3) is 5.44. The van der Waals surface area contributed by atoms with E-state index < -0.39 is 0 Å². The molecule has 0 spiro atoms. The maximum atomic E-state index is 10.3. The van der Waals surface area contributed by atoms with Crippen molar-refractivity contribution in [1.29, 1.82) is 0 Å². The lowest BCUT2D eigenvalue weighted by atomic mass is 10.0. The first kappa shape index (κ1) is 23.9. The number of phenols is 1. The van der Waals surface area contributed by atoms with E-state index in [4.69, 9.17) is 14.5 Å². The van der Waals surface area contributed by atoms with Gasteiger partial charge in [0.2, 0.25) is 0 Å². The van der Waals surface area contributed by atoms with Gasteiger partial charge in [0, 0.05) is 63.1 Å². The van der Waals surface area contributed by atoms with Crippen LogP contribution in [0.4, 0.5) is 11.5 Å². The van der Waals surface area contributed by atoms with Crippen LogP contribution in [0.3, 0.4) is 0 Å². The number of piperazine rings is 1. The van der Waals surface area contributed by atoms with Crippen LogP contribution in [0.5, 0.6) is 5.75 Å². The number of aromatic nitrogens is 2. The molecule has 3 fully saturated rings. The van der Waals surface area contributed by atoms with E-state index >= 15 is 0 Å². The number of ether oxygens (including phenoxy) is 2. The molecule has 9 nitrogen and oxygen atoms in total. The van der Waals surface area contributed by atoms with Gasteiger partial charge in [-0.1, -0.05) is 0 Å². The Hall–Kier alpha value is -2.46. The number of nitrogens with zero attached hydrogens (tertiary/aromatic N) is 5. The predicted molar refractivity (Wildman–Crippen MR) is 139 cm³/mol. The second-order valence-electron chi connectivity index (χ2n) is 10.4. The van der Waals surface area contributed by atoms with E-state index in [9.17, 15) is 5.11 Å². The van der Waals surface area contributed by atoms with Crippen molar-refractivity contribution in [3.8, 4) is 5.75 Å². The van der Waals surface area contributed by atoms with Crippen molar-refractivity contribution in [3.63, 3.8) is 0 Å². The fourth-order valence-corrected chi connectivity index (χ4v) is 5.66. The molecule has 2 aromatic rings. The number of phenolic OH excluding ortho intramolecular Hbond substituents is 1. The van der Waals surface area contributed by atoms with E-state index in [1.807, 2.05) is 12.1 Å². The normalized spacial score (nSPS) is 23.1. The molecule has 3 aliphatic heterocycles. The van der Waals surface area contributed by atoms with Gasteiger partial charge in [0.25, 0.3) is 0 Å². The number of fused-ring (bicyclic) bond motifs is 1. The summed E-state index contributed by atoms with van der Waals surface area (Å²) in [6.45, 7) is 9.72. The Bertz CT molecular complexity index is 1040. The molecule has 2 saturated heterocycles. The summed E-state index contributed by atoms with van der Waals surface area (Å²) in [4.78, 5) is 16.6. The molecule has 1 aromatic heterocycles. The standard InChI is InChI=1S/C27H38N6O3/c34-23-15-21(20-2-3-20)14-22(16-23)32-7-4-24-25(18-32)29-19-30-27(24)33-8-5-28-17-26(33)36-11-1-6-31-9-12-35-13-10-31/h14-16,19-20,26,28,34H,1-13,17-18H2. The minimum Gasteiger partial charge on any atom is -0.508 e. The van der Waals surface area contributed by atoms with Gasteiger partial charge in [0.1, 0.15) is 24.1 Å². The Morgan fingerprint density at radius 3 is 2.83 bits per heavy atom. The third-order valence-electron chi connectivity index (χ3n) is 7.82. The summed E-state index contributed by atoms with van der Waals surface area (Å²) < 4.78 is 11.8. The first-order chi connectivity index (χ1) is 17.7. The molecular formula is C27H38N6O3. The molecule has 1 aromatic carbocycles. The molecule has 4 aliphatic rings. The monoisotopic (exact) mass is 494 g/mol. The molecule has 6 rings (SSSR count). The summed E-state index contributed by atoms with van der Waals surface area (Å²) in [7, 11) is 0. The summed E-state index contributed by atoms with van der Waals surface area (Å²) in [5, 5.41) is 13.8. The van der Waals surface area contributed by atoms with E-state index in [0.717, 1.165) is 102 Å². The van der Waals surface area contributed by atoms with E-state index in [2.05, 4.69) is 31.1 Å². The molecule has 4 heterocycles. The second-order valence-corrected chi connectivity index (χ2v) is 10.4. The predicted octanol–water partition coefficient (Wildman–Crippen LogP) is 2.10. The van der Waals surface area contributed by atoms with Crippen LogP contribution in [0.1, 0.15) is 42.0 Å². The smallest absolute Gasteiger partial charge is 0.143 e. The quantitative estimate of drug-likeness (QED) is 0.536. The van der Waals surface area contributed by atoms with Crippen LogP contribution >= 0.6 is 0 Å². The second kappa shape index (κ2) is 10.9. The number of hydrogen-bond acceptors (Lipinski definition) is 9. The number of nitrogens with one attached hydrogen (secondary N) is 1. The van der Waals surface area contributed by atoms with E-state index in [-0.39, 0.29) is 6.23 Å². The molecule has 2 N–H and O–H groups in total. The zero-order valence-corrected chi connectivity index (χ0v) is 21.1. The fraction of sp³-hybridized carbons (Fsp3) is 0.630. The molecule has 0 radical (unpaired) electrons. The van der Waals surface area contributed by atoms with Gasteiger partial charge in [0.05, 0.1) is 32.1 Å². The van der Waals surface area contributed by atoms with Crippen molar-refractivity contribution in [2.75, 3.05) is 75.4 Å². The minimum absolute atomic E-state index is 0.0207. The number of benzene rings is 1. The summed E-state index contributed by atoms with van der Waals surface area (Å²) in [5.74, 6) is 1.99. The SMILES string of the molecule is Oc1cc(C2CC2)cc(N2CCc3c(ncnc3N3CCNCC3OCCCN3CCOCC3)C2)c1. The largest absolute Gasteiger partial charge is 0.508 e. The van der Waals surface area contributed by atoms with Crippen LogP contribution in [0.25, 0.3) is 0 Å². The van der Waals surface area contributed by atoms with Gasteiger partial charge in [-0.2, -0.15) is 0 Å². The van der Waals surface area contributed by atoms with Gasteiger partial charge in [0.15, 0.2) is 0 Å². The van der Waals surface area contributed by atoms with E-state index in [1.165, 1.54) is 24.0 Å². The molecule has 1 unspecified atom stereocenters. The van der Waals surface area contributed by atoms with Crippen LogP contribution in [0, 0.1) is 0 Å². The van der Waals surface area contributed by atoms with E-state index in [1.54, 1.807) is 6.33 Å². The molecule has 9 heteroatoms. The highest BCUT2D eigenvalue weighted by Crippen LogP contribution is 2.43. The van der Waals surface area contributed by atoms with Crippen molar-refractivity contribution in [1.82, 2.24) is 20.2 Å². The Balaban J connectivity index is 1.12. The van der Waals surface area contributed by atoms with Gasteiger partial charge in [-0.15, -0.1) is 0 Å². The zero-order valence-electron chi connectivity index (χ0n) is 21.1. The van der Waals surface area contributed by atoms with Gasteiger partial charge < -0.3 is 29.7 Å². The molecule has 36 heavy (non-hydrogen) atoms. The lowest BCUT2D eigenvalue weighted by Crippen LogP contribution is -2.53. The number of aromatic hydroxyl groups is 1. The average molecular weight is 495 g/mol. The van der Waals surface area contributed by atoms with Crippen LogP contribution in [0.15, 0.2) is 24.5 Å². The van der Waals surface area contributed by atoms with Gasteiger partial charge in [-0.25, -0.2) is 9.97 Å². The molecule has 0 amide bonds. The van der Waals surface area contributed by atoms with E-state index in [0.29, 0.717) is 11.7 Å². The number of rotatable bonds is 8. The first-order valence-electron chi connectivity index (χ1n) is 13.6. The summed E-state index contributed by atoms with van der Waals surface area (Å²) in [5.41, 5.74) is 4.66. The summed E-state index contributed by atoms with van der Waals surface area (Å²) in [6, 6.07) is 6.06. The van der Waals surface area contributed by atoms with Crippen molar-refractivity contribution in [3.05, 3.63) is 41.3 Å². The van der Waals surface area contributed by atoms with Gasteiger partial charge >= 0.3 is 0 Å². The highest BCUT2D eigenvalue weighted by molar-refractivity contribution is 5.58. The van der Waals surface area contributed by atoms with Gasteiger partial charge in [-0.05, 0) is 49.3 Å². The maximum Gasteiger partial charge on any atom is 0.143 e. The average Bonchev–Trinajstić information content (AvgIpc) is 3.77. The van der Waals surface area contributed by atoms with Gasteiger partial charge in [-0.3, -0.25) is 4.90 Å². The van der Waals surface area contributed by atoms with Crippen LogP contribution in [0.2, 0.25) is 0 Å². The fourth-order valence-electron chi connectivity index (χ4n) is 5.66. The molecule has 1 aliphatic carbocycles. The lowest BCUT2D eigenvalue weighted by molar-refractivity contribution is 0.0170. The van der Waals surface area contributed by atoms with Crippen molar-refractivity contribution >= 4 is 11.5 Å². The highest BCUT2D eigenvalue weighted by Gasteiger charge is 2.30. The third-order valence-corrected chi connectivity index (χ3v) is 7.82. The van der Waals surface area contributed by atoms with Crippen molar-refractivity contribution in [2.45, 2.75) is 44.4 Å². The van der Waals surface area contributed by atoms with Crippen LogP contribution in [-0.2, 0) is 22.4 Å². The van der Waals surface area contributed by atoms with Crippen LogP contribution in [-0.4, -0.2) is 91.8 Å². The molecule has 1 atom stereocenters. The zero-order chi connectivity index (χ0) is 24.3. The molecule has 194 valence electrons. The number of morpholine rings is 1. The Labute approximate surface area is 213 Å². The van der Waals surface area contributed by atoms with Crippen molar-refractivity contribution in [2.24, 2.45) is 0 Å². The summed E-state index contributed by atoms with van der Waals surface area (Å²) in [6.07, 6.45) is 6.04. The minimum atomic E-state index is -0.0207. The molecule has 1 saturated carbocycles.